The fourth-order valence-corrected chi connectivity index (χ4v) is 3.52. The van der Waals surface area contributed by atoms with Crippen molar-refractivity contribution in [3.63, 3.8) is 0 Å². The van der Waals surface area contributed by atoms with Crippen molar-refractivity contribution in [3.8, 4) is 34.5 Å². The van der Waals surface area contributed by atoms with Gasteiger partial charge >= 0.3 is 0 Å². The first-order valence-corrected chi connectivity index (χ1v) is 11.0. The molecule has 3 aromatic rings. The molecule has 0 aliphatic heterocycles. The third-order valence-electron chi connectivity index (χ3n) is 5.40. The van der Waals surface area contributed by atoms with Crippen LogP contribution in [-0.2, 0) is 0 Å². The molecule has 0 aliphatic carbocycles. The van der Waals surface area contributed by atoms with E-state index in [1.807, 2.05) is 0 Å². The molecule has 0 unspecified atom stereocenters. The first-order chi connectivity index (χ1) is 17.8. The smallest absolute Gasteiger partial charge is 0.203 e. The van der Waals surface area contributed by atoms with E-state index in [-0.39, 0.29) is 22.8 Å². The Kier molecular flexibility index (Phi) is 8.99. The summed E-state index contributed by atoms with van der Waals surface area (Å²) in [5, 5.41) is 13.3. The Morgan fingerprint density at radius 2 is 1.46 bits per heavy atom. The molecule has 0 heterocycles. The van der Waals surface area contributed by atoms with Gasteiger partial charge in [0.1, 0.15) is 0 Å². The van der Waals surface area contributed by atoms with Gasteiger partial charge in [0.05, 0.1) is 35.5 Å². The average molecular weight is 510 g/mol. The van der Waals surface area contributed by atoms with Crippen LogP contribution >= 0.6 is 0 Å². The number of ether oxygens (including phenoxy) is 5. The van der Waals surface area contributed by atoms with Crippen LogP contribution in [0.4, 0.5) is 10.1 Å². The molecule has 0 atom stereocenters. The molecule has 194 valence electrons. The highest BCUT2D eigenvalue weighted by Gasteiger charge is 2.13. The minimum Gasteiger partial charge on any atom is -0.504 e. The van der Waals surface area contributed by atoms with Crippen molar-refractivity contribution in [1.29, 1.82) is 0 Å². The van der Waals surface area contributed by atoms with E-state index in [1.165, 1.54) is 66.0 Å². The summed E-state index contributed by atoms with van der Waals surface area (Å²) < 4.78 is 40.2. The van der Waals surface area contributed by atoms with Crippen molar-refractivity contribution in [2.45, 2.75) is 0 Å². The molecule has 0 radical (unpaired) electrons. The number of carbonyl (C=O) groups excluding carboxylic acids is 1. The second-order valence-electron chi connectivity index (χ2n) is 7.59. The van der Waals surface area contributed by atoms with E-state index in [2.05, 4.69) is 5.32 Å². The predicted octanol–water partition coefficient (Wildman–Crippen LogP) is 5.55. The Bertz CT molecular complexity index is 1310. The number of phenols is 1. The predicted molar refractivity (Wildman–Crippen MR) is 140 cm³/mol. The summed E-state index contributed by atoms with van der Waals surface area (Å²) in [6, 6.07) is 10.6. The standard InChI is InChI=1S/C28H28FNO7/c1-33-24-9-8-19(14-20(24)29)22(31)10-11-30-21-16-25(34-2)23(32)15-18(21)7-6-17-12-26(35-3)28(37-5)27(13-17)36-4/h6-16,30,32H,1-5H3/b7-6-,11-10-. The number of hydrogen-bond donors (Lipinski definition) is 2. The van der Waals surface area contributed by atoms with Crippen LogP contribution in [0.3, 0.4) is 0 Å². The Labute approximate surface area is 214 Å². The van der Waals surface area contributed by atoms with Gasteiger partial charge in [-0.25, -0.2) is 4.39 Å². The van der Waals surface area contributed by atoms with Crippen molar-refractivity contribution < 1.29 is 38.0 Å². The Morgan fingerprint density at radius 3 is 2.03 bits per heavy atom. The summed E-state index contributed by atoms with van der Waals surface area (Å²) in [6.45, 7) is 0. The number of halogens is 1. The van der Waals surface area contributed by atoms with Gasteiger partial charge in [0.2, 0.25) is 5.75 Å². The average Bonchev–Trinajstić information content (AvgIpc) is 2.91. The maximum Gasteiger partial charge on any atom is 0.203 e. The monoisotopic (exact) mass is 509 g/mol. The minimum atomic E-state index is -0.628. The molecular formula is C28H28FNO7. The molecule has 9 heteroatoms. The van der Waals surface area contributed by atoms with Gasteiger partial charge in [-0.05, 0) is 42.0 Å². The maximum atomic E-state index is 13.9. The van der Waals surface area contributed by atoms with Crippen LogP contribution in [0, 0.1) is 5.82 Å². The molecule has 3 rings (SSSR count). The molecule has 3 aromatic carbocycles. The van der Waals surface area contributed by atoms with Gasteiger partial charge in [0, 0.05) is 35.2 Å². The van der Waals surface area contributed by atoms with Crippen LogP contribution in [0.5, 0.6) is 34.5 Å². The fourth-order valence-electron chi connectivity index (χ4n) is 3.52. The molecule has 0 aliphatic rings. The van der Waals surface area contributed by atoms with Gasteiger partial charge in [-0.3, -0.25) is 4.79 Å². The number of carbonyl (C=O) groups is 1. The zero-order valence-corrected chi connectivity index (χ0v) is 21.1. The molecule has 0 amide bonds. The van der Waals surface area contributed by atoms with Crippen molar-refractivity contribution in [3.05, 3.63) is 77.2 Å². The Hall–Kier alpha value is -4.66. The number of aromatic hydroxyl groups is 1. The van der Waals surface area contributed by atoms with Gasteiger partial charge in [0.15, 0.2) is 40.3 Å². The molecule has 37 heavy (non-hydrogen) atoms. The number of nitrogens with one attached hydrogen (secondary N) is 1. The quantitative estimate of drug-likeness (QED) is 0.150. The van der Waals surface area contributed by atoms with Gasteiger partial charge in [-0.2, -0.15) is 0 Å². The second-order valence-corrected chi connectivity index (χ2v) is 7.59. The van der Waals surface area contributed by atoms with E-state index in [9.17, 15) is 14.3 Å². The summed E-state index contributed by atoms with van der Waals surface area (Å²) in [5.74, 6) is 0.654. The summed E-state index contributed by atoms with van der Waals surface area (Å²) in [5.41, 5.74) is 2.06. The molecule has 0 saturated heterocycles. The number of allylic oxidation sites excluding steroid dienone is 1. The lowest BCUT2D eigenvalue weighted by molar-refractivity contribution is 0.104. The number of benzene rings is 3. The van der Waals surface area contributed by atoms with E-state index in [0.717, 1.165) is 11.6 Å². The molecule has 0 spiro atoms. The number of methoxy groups -OCH3 is 5. The largest absolute Gasteiger partial charge is 0.504 e. The lowest BCUT2D eigenvalue weighted by Crippen LogP contribution is -1.99. The first-order valence-electron chi connectivity index (χ1n) is 11.0. The lowest BCUT2D eigenvalue weighted by atomic mass is 10.1. The number of anilines is 1. The highest BCUT2D eigenvalue weighted by atomic mass is 19.1. The van der Waals surface area contributed by atoms with Gasteiger partial charge < -0.3 is 34.1 Å². The summed E-state index contributed by atoms with van der Waals surface area (Å²) in [7, 11) is 7.37. The molecule has 0 fully saturated rings. The van der Waals surface area contributed by atoms with Crippen molar-refractivity contribution in [2.24, 2.45) is 0 Å². The van der Waals surface area contributed by atoms with Crippen LogP contribution in [0.1, 0.15) is 21.5 Å². The number of ketones is 1. The summed E-state index contributed by atoms with van der Waals surface area (Å²) in [4.78, 5) is 12.5. The number of hydrogen-bond acceptors (Lipinski definition) is 8. The van der Waals surface area contributed by atoms with Crippen molar-refractivity contribution >= 4 is 23.6 Å². The molecule has 0 bridgehead atoms. The Morgan fingerprint density at radius 1 is 0.811 bits per heavy atom. The summed E-state index contributed by atoms with van der Waals surface area (Å²) in [6.07, 6.45) is 6.25. The molecule has 8 nitrogen and oxygen atoms in total. The molecule has 0 aromatic heterocycles. The van der Waals surface area contributed by atoms with Gasteiger partial charge in [-0.1, -0.05) is 12.2 Å². The van der Waals surface area contributed by atoms with Gasteiger partial charge in [0.25, 0.3) is 0 Å². The van der Waals surface area contributed by atoms with Crippen LogP contribution in [0.25, 0.3) is 12.2 Å². The topological polar surface area (TPSA) is 95.5 Å². The normalized spacial score (nSPS) is 11.0. The lowest BCUT2D eigenvalue weighted by Gasteiger charge is -2.13. The van der Waals surface area contributed by atoms with E-state index in [4.69, 9.17) is 23.7 Å². The third-order valence-corrected chi connectivity index (χ3v) is 5.40. The zero-order chi connectivity index (χ0) is 26.9. The van der Waals surface area contributed by atoms with E-state index < -0.39 is 11.6 Å². The minimum absolute atomic E-state index is 0.0540. The summed E-state index contributed by atoms with van der Waals surface area (Å²) >= 11 is 0. The van der Waals surface area contributed by atoms with Crippen LogP contribution in [0.2, 0.25) is 0 Å². The van der Waals surface area contributed by atoms with Crippen LogP contribution in [-0.4, -0.2) is 46.4 Å². The fraction of sp³-hybridized carbons (Fsp3) is 0.179. The second kappa shape index (κ2) is 12.3. The van der Waals surface area contributed by atoms with Crippen LogP contribution in [0.15, 0.2) is 54.7 Å². The van der Waals surface area contributed by atoms with Gasteiger partial charge in [-0.15, -0.1) is 0 Å². The van der Waals surface area contributed by atoms with Crippen molar-refractivity contribution in [2.75, 3.05) is 40.9 Å². The third kappa shape index (κ3) is 6.32. The SMILES string of the molecule is COc1cc(N/C=C\C(=O)c2ccc(OC)c(F)c2)c(/C=C\c2cc(OC)c(OC)c(OC)c2)cc1O. The maximum absolute atomic E-state index is 13.9. The molecular weight excluding hydrogens is 481 g/mol. The highest BCUT2D eigenvalue weighted by molar-refractivity contribution is 6.04. The Balaban J connectivity index is 1.89. The number of phenolic OH excluding ortho intramolecular Hbond substituents is 1. The zero-order valence-electron chi connectivity index (χ0n) is 21.1. The van der Waals surface area contributed by atoms with E-state index >= 15 is 0 Å². The van der Waals surface area contributed by atoms with E-state index in [1.54, 1.807) is 30.4 Å². The molecule has 0 saturated carbocycles. The van der Waals surface area contributed by atoms with E-state index in [0.29, 0.717) is 28.5 Å². The van der Waals surface area contributed by atoms with Crippen molar-refractivity contribution in [1.82, 2.24) is 0 Å². The molecule has 2 N–H and O–H groups in total. The number of rotatable bonds is 11. The first kappa shape index (κ1) is 26.9. The van der Waals surface area contributed by atoms with Crippen LogP contribution < -0.4 is 29.0 Å². The highest BCUT2D eigenvalue weighted by Crippen LogP contribution is 2.39.